The Morgan fingerprint density at radius 3 is 2.65 bits per heavy atom. The van der Waals surface area contributed by atoms with Gasteiger partial charge >= 0.3 is 5.97 Å². The fraction of sp³-hybridized carbons (Fsp3) is 0.438. The number of hydrogen-bond acceptors (Lipinski definition) is 5. The first-order valence-corrected chi connectivity index (χ1v) is 7.78. The van der Waals surface area contributed by atoms with Crippen molar-refractivity contribution < 1.29 is 14.3 Å². The number of benzene rings is 1. The van der Waals surface area contributed by atoms with Gasteiger partial charge < -0.3 is 15.8 Å². The van der Waals surface area contributed by atoms with Crippen LogP contribution in [0.2, 0.25) is 5.02 Å². The Morgan fingerprint density at radius 2 is 2.04 bits per heavy atom. The number of nitrogens with one attached hydrogen (secondary N) is 1. The molecule has 1 aromatic rings. The summed E-state index contributed by atoms with van der Waals surface area (Å²) in [5.74, 6) is -1.20. The van der Waals surface area contributed by atoms with Gasteiger partial charge in [0.15, 0.2) is 6.61 Å². The van der Waals surface area contributed by atoms with E-state index in [4.69, 9.17) is 22.1 Å². The van der Waals surface area contributed by atoms with E-state index in [1.165, 1.54) is 18.2 Å². The number of rotatable bonds is 4. The van der Waals surface area contributed by atoms with Gasteiger partial charge in [0.2, 0.25) is 0 Å². The number of hydrogen-bond donors (Lipinski definition) is 2. The van der Waals surface area contributed by atoms with Crippen LogP contribution in [0.4, 0.5) is 5.69 Å². The topological polar surface area (TPSA) is 105 Å². The smallest absolute Gasteiger partial charge is 0.340 e. The molecule has 0 atom stereocenters. The number of nitrogens with two attached hydrogens (primary N) is 1. The Kier molecular flexibility index (Phi) is 5.45. The average Bonchev–Trinajstić information content (AvgIpc) is 2.53. The van der Waals surface area contributed by atoms with E-state index < -0.39 is 24.0 Å². The molecule has 0 unspecified atom stereocenters. The molecule has 1 aliphatic carbocycles. The minimum atomic E-state index is -0.846. The highest BCUT2D eigenvalue weighted by atomic mass is 35.5. The third-order valence-corrected chi connectivity index (χ3v) is 4.10. The Labute approximate surface area is 139 Å². The van der Waals surface area contributed by atoms with Gasteiger partial charge in [-0.05, 0) is 31.0 Å². The van der Waals surface area contributed by atoms with Crippen molar-refractivity contribution in [2.45, 2.75) is 37.6 Å². The predicted octanol–water partition coefficient (Wildman–Crippen LogP) is 2.42. The maximum absolute atomic E-state index is 12.0. The summed E-state index contributed by atoms with van der Waals surface area (Å²) in [5.41, 5.74) is 5.18. The van der Waals surface area contributed by atoms with E-state index in [1.54, 1.807) is 0 Å². The standard InChI is InChI=1S/C16H18ClN3O3/c17-11-4-5-12(13(19)8-11)15(22)23-9-14(21)20-16(10-18)6-2-1-3-7-16/h4-5,8H,1-3,6-7,9,19H2,(H,20,21). The number of halogens is 1. The van der Waals surface area contributed by atoms with Gasteiger partial charge in [-0.1, -0.05) is 30.9 Å². The van der Waals surface area contributed by atoms with Gasteiger partial charge in [-0.2, -0.15) is 5.26 Å². The summed E-state index contributed by atoms with van der Waals surface area (Å²) in [6, 6.07) is 6.57. The van der Waals surface area contributed by atoms with E-state index >= 15 is 0 Å². The van der Waals surface area contributed by atoms with Crippen LogP contribution in [0, 0.1) is 11.3 Å². The van der Waals surface area contributed by atoms with E-state index in [9.17, 15) is 14.9 Å². The van der Waals surface area contributed by atoms with E-state index in [-0.39, 0.29) is 11.3 Å². The van der Waals surface area contributed by atoms with Crippen LogP contribution in [-0.2, 0) is 9.53 Å². The van der Waals surface area contributed by atoms with Crippen LogP contribution in [0.3, 0.4) is 0 Å². The van der Waals surface area contributed by atoms with Gasteiger partial charge in [-0.3, -0.25) is 4.79 Å². The van der Waals surface area contributed by atoms with E-state index in [0.29, 0.717) is 17.9 Å². The van der Waals surface area contributed by atoms with Gasteiger partial charge in [0.25, 0.3) is 5.91 Å². The predicted molar refractivity (Wildman–Crippen MR) is 85.7 cm³/mol. The molecular weight excluding hydrogens is 318 g/mol. The second kappa shape index (κ2) is 7.34. The Hall–Kier alpha value is -2.26. The number of nitriles is 1. The second-order valence-corrected chi connectivity index (χ2v) is 6.05. The van der Waals surface area contributed by atoms with E-state index in [2.05, 4.69) is 11.4 Å². The van der Waals surface area contributed by atoms with Crippen LogP contribution in [0.15, 0.2) is 18.2 Å². The average molecular weight is 336 g/mol. The monoisotopic (exact) mass is 335 g/mol. The lowest BCUT2D eigenvalue weighted by Gasteiger charge is -2.31. The summed E-state index contributed by atoms with van der Waals surface area (Å²) < 4.78 is 4.96. The summed E-state index contributed by atoms with van der Waals surface area (Å²) in [6.07, 6.45) is 4.09. The first-order chi connectivity index (χ1) is 11.0. The number of carbonyl (C=O) groups excluding carboxylic acids is 2. The number of nitrogen functional groups attached to an aromatic ring is 1. The first-order valence-electron chi connectivity index (χ1n) is 7.40. The molecule has 2 rings (SSSR count). The molecule has 1 aliphatic rings. The molecule has 1 fully saturated rings. The molecule has 0 aromatic heterocycles. The van der Waals surface area contributed by atoms with Crippen molar-refractivity contribution in [3.63, 3.8) is 0 Å². The van der Waals surface area contributed by atoms with E-state index in [1.807, 2.05) is 0 Å². The zero-order chi connectivity index (χ0) is 16.9. The fourth-order valence-corrected chi connectivity index (χ4v) is 2.83. The third-order valence-electron chi connectivity index (χ3n) is 3.87. The van der Waals surface area contributed by atoms with Crippen molar-refractivity contribution in [3.05, 3.63) is 28.8 Å². The van der Waals surface area contributed by atoms with Crippen LogP contribution < -0.4 is 11.1 Å². The molecule has 1 aromatic carbocycles. The highest BCUT2D eigenvalue weighted by molar-refractivity contribution is 6.31. The molecule has 0 aliphatic heterocycles. The maximum Gasteiger partial charge on any atom is 0.340 e. The number of amides is 1. The van der Waals surface area contributed by atoms with Crippen LogP contribution in [0.1, 0.15) is 42.5 Å². The van der Waals surface area contributed by atoms with Crippen LogP contribution in [-0.4, -0.2) is 24.0 Å². The summed E-state index contributed by atoms with van der Waals surface area (Å²) in [5, 5.41) is 12.4. The quantitative estimate of drug-likeness (QED) is 0.649. The summed E-state index contributed by atoms with van der Waals surface area (Å²) >= 11 is 5.76. The Bertz CT molecular complexity index is 648. The lowest BCUT2D eigenvalue weighted by molar-refractivity contribution is -0.125. The van der Waals surface area contributed by atoms with Crippen molar-refractivity contribution >= 4 is 29.2 Å². The molecule has 0 radical (unpaired) electrons. The highest BCUT2D eigenvalue weighted by Gasteiger charge is 2.33. The number of esters is 1. The largest absolute Gasteiger partial charge is 0.452 e. The minimum Gasteiger partial charge on any atom is -0.452 e. The molecule has 0 heterocycles. The molecule has 0 spiro atoms. The second-order valence-electron chi connectivity index (χ2n) is 5.61. The number of anilines is 1. The van der Waals surface area contributed by atoms with Gasteiger partial charge in [0.1, 0.15) is 5.54 Å². The molecule has 1 saturated carbocycles. The van der Waals surface area contributed by atoms with Crippen molar-refractivity contribution in [1.29, 1.82) is 5.26 Å². The van der Waals surface area contributed by atoms with Gasteiger partial charge in [-0.15, -0.1) is 0 Å². The molecule has 0 saturated heterocycles. The van der Waals surface area contributed by atoms with E-state index in [0.717, 1.165) is 19.3 Å². The van der Waals surface area contributed by atoms with Gasteiger partial charge in [0.05, 0.1) is 11.6 Å². The third kappa shape index (κ3) is 4.36. The zero-order valence-electron chi connectivity index (χ0n) is 12.6. The summed E-state index contributed by atoms with van der Waals surface area (Å²) in [6.45, 7) is -0.454. The number of carbonyl (C=O) groups is 2. The first kappa shape index (κ1) is 17.1. The SMILES string of the molecule is N#CC1(NC(=O)COC(=O)c2ccc(Cl)cc2N)CCCCC1. The Balaban J connectivity index is 1.91. The molecular formula is C16H18ClN3O3. The molecule has 7 heteroatoms. The van der Waals surface area contributed by atoms with Crippen molar-refractivity contribution in [2.75, 3.05) is 12.3 Å². The van der Waals surface area contributed by atoms with Gasteiger partial charge in [-0.25, -0.2) is 4.79 Å². The molecule has 3 N–H and O–H groups in total. The van der Waals surface area contributed by atoms with Crippen LogP contribution in [0.25, 0.3) is 0 Å². The molecule has 23 heavy (non-hydrogen) atoms. The van der Waals surface area contributed by atoms with Crippen LogP contribution >= 0.6 is 11.6 Å². The van der Waals surface area contributed by atoms with Crippen molar-refractivity contribution in [2.24, 2.45) is 0 Å². The number of ether oxygens (including phenoxy) is 1. The number of nitrogens with zero attached hydrogens (tertiary/aromatic N) is 1. The summed E-state index contributed by atoms with van der Waals surface area (Å²) in [7, 11) is 0. The molecule has 6 nitrogen and oxygen atoms in total. The lowest BCUT2D eigenvalue weighted by atomic mass is 9.83. The highest BCUT2D eigenvalue weighted by Crippen LogP contribution is 2.27. The molecule has 122 valence electrons. The zero-order valence-corrected chi connectivity index (χ0v) is 13.4. The molecule has 0 bridgehead atoms. The normalized spacial score (nSPS) is 16.2. The van der Waals surface area contributed by atoms with Gasteiger partial charge in [0, 0.05) is 10.7 Å². The summed E-state index contributed by atoms with van der Waals surface area (Å²) in [4.78, 5) is 23.9. The fourth-order valence-electron chi connectivity index (χ4n) is 2.65. The van der Waals surface area contributed by atoms with Crippen molar-refractivity contribution in [1.82, 2.24) is 5.32 Å². The minimum absolute atomic E-state index is 0.148. The van der Waals surface area contributed by atoms with Crippen LogP contribution in [0.5, 0.6) is 0 Å². The Morgan fingerprint density at radius 1 is 1.35 bits per heavy atom. The molecule has 1 amide bonds. The lowest BCUT2D eigenvalue weighted by Crippen LogP contribution is -2.50. The maximum atomic E-state index is 12.0. The van der Waals surface area contributed by atoms with Crippen molar-refractivity contribution in [3.8, 4) is 6.07 Å².